The van der Waals surface area contributed by atoms with Crippen LogP contribution in [0.3, 0.4) is 0 Å². The molecule has 4 aromatic rings. The molecule has 0 atom stereocenters. The van der Waals surface area contributed by atoms with E-state index in [1.807, 2.05) is 24.3 Å². The Hall–Kier alpha value is -2.52. The van der Waals surface area contributed by atoms with Crippen molar-refractivity contribution >= 4 is 65.6 Å². The molecular formula is C23H19Cl2N3O3S2. The summed E-state index contributed by atoms with van der Waals surface area (Å²) in [5, 5.41) is 1.60. The Morgan fingerprint density at radius 2 is 1.67 bits per heavy atom. The molecule has 2 aromatic heterocycles. The van der Waals surface area contributed by atoms with E-state index in [0.717, 1.165) is 15.8 Å². The second kappa shape index (κ2) is 10.2. The van der Waals surface area contributed by atoms with Gasteiger partial charge in [0, 0.05) is 28.9 Å². The monoisotopic (exact) mass is 519 g/mol. The van der Waals surface area contributed by atoms with Gasteiger partial charge in [0.15, 0.2) is 15.0 Å². The third-order valence-electron chi connectivity index (χ3n) is 4.94. The SMILES string of the molecule is O=C(CCCS(=O)(=O)c1ccc(Cl)cc1)N(Cc1ccncc1)c1nc2ccc(Cl)cc2s1. The Kier molecular flexibility index (Phi) is 7.29. The number of fused-ring (bicyclic) bond motifs is 1. The molecule has 0 spiro atoms. The molecule has 0 radical (unpaired) electrons. The maximum absolute atomic E-state index is 13.2. The average Bonchev–Trinajstić information content (AvgIpc) is 3.21. The number of benzene rings is 2. The standard InChI is InChI=1S/C23H19Cl2N3O3S2/c24-17-3-6-19(7-4-17)33(30,31)13-1-2-22(29)28(15-16-9-11-26-12-10-16)23-27-20-8-5-18(25)14-21(20)32-23/h3-12,14H,1-2,13,15H2. The van der Waals surface area contributed by atoms with Crippen LogP contribution in [0.2, 0.25) is 10.0 Å². The van der Waals surface area contributed by atoms with Crippen LogP contribution in [0.15, 0.2) is 71.9 Å². The first-order valence-corrected chi connectivity index (χ1v) is 13.3. The Labute approximate surface area is 205 Å². The highest BCUT2D eigenvalue weighted by atomic mass is 35.5. The molecule has 0 N–H and O–H groups in total. The molecule has 0 saturated heterocycles. The fourth-order valence-corrected chi connectivity index (χ4v) is 5.94. The Morgan fingerprint density at radius 3 is 2.39 bits per heavy atom. The smallest absolute Gasteiger partial charge is 0.229 e. The lowest BCUT2D eigenvalue weighted by molar-refractivity contribution is -0.118. The van der Waals surface area contributed by atoms with Crippen molar-refractivity contribution in [2.24, 2.45) is 0 Å². The number of hydrogen-bond donors (Lipinski definition) is 0. The van der Waals surface area contributed by atoms with Crippen molar-refractivity contribution in [2.75, 3.05) is 10.7 Å². The first kappa shape index (κ1) is 23.6. The van der Waals surface area contributed by atoms with Gasteiger partial charge in [-0.3, -0.25) is 14.7 Å². The van der Waals surface area contributed by atoms with Gasteiger partial charge in [-0.05, 0) is 66.6 Å². The summed E-state index contributed by atoms with van der Waals surface area (Å²) >= 11 is 13.3. The number of anilines is 1. The Bertz CT molecular complexity index is 1380. The fourth-order valence-electron chi connectivity index (χ4n) is 3.24. The quantitative estimate of drug-likeness (QED) is 0.294. The molecule has 2 aromatic carbocycles. The van der Waals surface area contributed by atoms with E-state index in [9.17, 15) is 13.2 Å². The van der Waals surface area contributed by atoms with Crippen molar-refractivity contribution in [3.63, 3.8) is 0 Å². The number of aromatic nitrogens is 2. The van der Waals surface area contributed by atoms with Gasteiger partial charge in [-0.25, -0.2) is 13.4 Å². The van der Waals surface area contributed by atoms with Crippen LogP contribution < -0.4 is 4.90 Å². The summed E-state index contributed by atoms with van der Waals surface area (Å²) in [5.41, 5.74) is 1.64. The van der Waals surface area contributed by atoms with Crippen molar-refractivity contribution in [2.45, 2.75) is 24.3 Å². The molecule has 10 heteroatoms. The predicted octanol–water partition coefficient (Wildman–Crippen LogP) is 5.79. The summed E-state index contributed by atoms with van der Waals surface area (Å²) in [5.74, 6) is -0.345. The zero-order valence-electron chi connectivity index (χ0n) is 17.3. The fraction of sp³-hybridized carbons (Fsp3) is 0.174. The number of carbonyl (C=O) groups excluding carboxylic acids is 1. The maximum atomic E-state index is 13.2. The van der Waals surface area contributed by atoms with Crippen LogP contribution in [0.5, 0.6) is 0 Å². The van der Waals surface area contributed by atoms with Crippen molar-refractivity contribution in [1.29, 1.82) is 0 Å². The highest BCUT2D eigenvalue weighted by molar-refractivity contribution is 7.91. The largest absolute Gasteiger partial charge is 0.284 e. The number of halogens is 2. The van der Waals surface area contributed by atoms with E-state index in [-0.39, 0.29) is 29.4 Å². The number of hydrogen-bond acceptors (Lipinski definition) is 6. The van der Waals surface area contributed by atoms with E-state index >= 15 is 0 Å². The molecule has 33 heavy (non-hydrogen) atoms. The summed E-state index contributed by atoms with van der Waals surface area (Å²) in [6.45, 7) is 0.304. The van der Waals surface area contributed by atoms with Gasteiger partial charge in [0.25, 0.3) is 0 Å². The first-order chi connectivity index (χ1) is 15.8. The van der Waals surface area contributed by atoms with Crippen LogP contribution in [-0.2, 0) is 21.2 Å². The molecule has 0 aliphatic rings. The third kappa shape index (κ3) is 5.89. The van der Waals surface area contributed by atoms with E-state index in [0.29, 0.717) is 21.7 Å². The van der Waals surface area contributed by atoms with Gasteiger partial charge < -0.3 is 0 Å². The second-order valence-corrected chi connectivity index (χ2v) is 11.3. The van der Waals surface area contributed by atoms with Gasteiger partial charge in [-0.15, -0.1) is 0 Å². The number of thiazole rings is 1. The number of nitrogens with zero attached hydrogens (tertiary/aromatic N) is 3. The molecule has 0 unspecified atom stereocenters. The summed E-state index contributed by atoms with van der Waals surface area (Å²) < 4.78 is 26.1. The molecule has 0 fully saturated rings. The minimum Gasteiger partial charge on any atom is -0.284 e. The van der Waals surface area contributed by atoms with E-state index in [1.165, 1.54) is 35.6 Å². The van der Waals surface area contributed by atoms with E-state index < -0.39 is 9.84 Å². The molecule has 0 saturated carbocycles. The lowest BCUT2D eigenvalue weighted by atomic mass is 10.2. The summed E-state index contributed by atoms with van der Waals surface area (Å²) in [6, 6.07) is 15.1. The van der Waals surface area contributed by atoms with Gasteiger partial charge in [-0.2, -0.15) is 0 Å². The molecular weight excluding hydrogens is 501 g/mol. The molecule has 170 valence electrons. The molecule has 0 aliphatic heterocycles. The molecule has 0 bridgehead atoms. The molecule has 4 rings (SSSR count). The van der Waals surface area contributed by atoms with Gasteiger partial charge in [-0.1, -0.05) is 34.5 Å². The molecule has 2 heterocycles. The van der Waals surface area contributed by atoms with Crippen molar-refractivity contribution < 1.29 is 13.2 Å². The van der Waals surface area contributed by atoms with Crippen LogP contribution in [0.4, 0.5) is 5.13 Å². The Morgan fingerprint density at radius 1 is 0.970 bits per heavy atom. The zero-order valence-corrected chi connectivity index (χ0v) is 20.5. The minimum atomic E-state index is -3.51. The van der Waals surface area contributed by atoms with Crippen molar-refractivity contribution in [3.8, 4) is 0 Å². The van der Waals surface area contributed by atoms with Gasteiger partial charge in [0.2, 0.25) is 5.91 Å². The topological polar surface area (TPSA) is 80.2 Å². The van der Waals surface area contributed by atoms with Crippen LogP contribution in [-0.4, -0.2) is 30.0 Å². The highest BCUT2D eigenvalue weighted by Crippen LogP contribution is 2.32. The first-order valence-electron chi connectivity index (χ1n) is 10.1. The van der Waals surface area contributed by atoms with Crippen molar-refractivity contribution in [1.82, 2.24) is 9.97 Å². The van der Waals surface area contributed by atoms with Crippen molar-refractivity contribution in [3.05, 3.63) is 82.6 Å². The summed E-state index contributed by atoms with van der Waals surface area (Å²) in [4.78, 5) is 23.6. The Balaban J connectivity index is 1.52. The lowest BCUT2D eigenvalue weighted by Gasteiger charge is -2.20. The van der Waals surface area contributed by atoms with Gasteiger partial charge in [0.1, 0.15) is 0 Å². The second-order valence-electron chi connectivity index (χ2n) is 7.32. The minimum absolute atomic E-state index is 0.0641. The van der Waals surface area contributed by atoms with E-state index in [4.69, 9.17) is 23.2 Å². The normalized spacial score (nSPS) is 11.6. The number of sulfone groups is 1. The number of pyridine rings is 1. The predicted molar refractivity (Wildman–Crippen MR) is 133 cm³/mol. The molecule has 0 aliphatic carbocycles. The lowest BCUT2D eigenvalue weighted by Crippen LogP contribution is -2.30. The van der Waals surface area contributed by atoms with Gasteiger partial charge in [0.05, 0.1) is 27.4 Å². The van der Waals surface area contributed by atoms with E-state index in [1.54, 1.807) is 23.4 Å². The van der Waals surface area contributed by atoms with E-state index in [2.05, 4.69) is 9.97 Å². The summed E-state index contributed by atoms with van der Waals surface area (Å²) in [6.07, 6.45) is 3.57. The average molecular weight is 520 g/mol. The van der Waals surface area contributed by atoms with Gasteiger partial charge >= 0.3 is 0 Å². The van der Waals surface area contributed by atoms with Crippen LogP contribution >= 0.6 is 34.5 Å². The third-order valence-corrected chi connectivity index (χ3v) is 8.28. The maximum Gasteiger partial charge on any atom is 0.229 e. The summed E-state index contributed by atoms with van der Waals surface area (Å²) in [7, 11) is -3.51. The van der Waals surface area contributed by atoms with Crippen LogP contribution in [0.25, 0.3) is 10.2 Å². The van der Waals surface area contributed by atoms with Crippen LogP contribution in [0.1, 0.15) is 18.4 Å². The zero-order chi connectivity index (χ0) is 23.4. The number of rotatable bonds is 8. The molecule has 6 nitrogen and oxygen atoms in total. The van der Waals surface area contributed by atoms with Crippen LogP contribution in [0, 0.1) is 0 Å². The number of carbonyl (C=O) groups is 1. The number of amides is 1. The molecule has 1 amide bonds. The highest BCUT2D eigenvalue weighted by Gasteiger charge is 2.22.